The smallest absolute Gasteiger partial charge is 0.218 e. The molecule has 0 spiro atoms. The molecule has 2 atom stereocenters. The van der Waals surface area contributed by atoms with Crippen LogP contribution in [0, 0.1) is 5.92 Å². The minimum atomic E-state index is 0.364. The molecular formula is C12H20N4O. The molecule has 5 heteroatoms. The number of nitrogens with two attached hydrogens (primary N) is 1. The first-order valence-corrected chi connectivity index (χ1v) is 6.09. The maximum atomic E-state index is 5.88. The van der Waals surface area contributed by atoms with E-state index in [1.807, 2.05) is 6.07 Å². The molecule has 0 amide bonds. The van der Waals surface area contributed by atoms with Gasteiger partial charge in [0, 0.05) is 25.2 Å². The number of ether oxygens (including phenoxy) is 1. The second-order valence-electron chi connectivity index (χ2n) is 4.53. The van der Waals surface area contributed by atoms with Crippen LogP contribution in [0.2, 0.25) is 0 Å². The third-order valence-electron chi connectivity index (χ3n) is 3.49. The molecule has 0 radical (unpaired) electrons. The lowest BCUT2D eigenvalue weighted by molar-refractivity contribution is 0.346. The van der Waals surface area contributed by atoms with Crippen molar-refractivity contribution in [2.45, 2.75) is 25.8 Å². The summed E-state index contributed by atoms with van der Waals surface area (Å²) >= 11 is 0. The van der Waals surface area contributed by atoms with E-state index in [2.05, 4.69) is 21.8 Å². The van der Waals surface area contributed by atoms with E-state index in [-0.39, 0.29) is 0 Å². The number of nitrogens with zero attached hydrogens (tertiary/aromatic N) is 3. The summed E-state index contributed by atoms with van der Waals surface area (Å²) in [6.45, 7) is 3.92. The molecule has 0 saturated carbocycles. The summed E-state index contributed by atoms with van der Waals surface area (Å²) in [6.07, 6.45) is 3.96. The van der Waals surface area contributed by atoms with Gasteiger partial charge in [-0.3, -0.25) is 0 Å². The van der Waals surface area contributed by atoms with Crippen LogP contribution in [0.25, 0.3) is 0 Å². The Morgan fingerprint density at radius 1 is 1.53 bits per heavy atom. The molecule has 2 N–H and O–H groups in total. The summed E-state index contributed by atoms with van der Waals surface area (Å²) in [6, 6.07) is 2.24. The van der Waals surface area contributed by atoms with Gasteiger partial charge in [0.1, 0.15) is 12.1 Å². The van der Waals surface area contributed by atoms with Gasteiger partial charge < -0.3 is 15.4 Å². The van der Waals surface area contributed by atoms with Crippen molar-refractivity contribution in [2.75, 3.05) is 25.1 Å². The lowest BCUT2D eigenvalue weighted by atomic mass is 9.91. The third kappa shape index (κ3) is 2.49. The fourth-order valence-electron chi connectivity index (χ4n) is 2.49. The second kappa shape index (κ2) is 5.31. The Morgan fingerprint density at radius 3 is 3.06 bits per heavy atom. The SMILES string of the molecule is COc1cc(N2CCCC(C)C2CN)ncn1. The van der Waals surface area contributed by atoms with Gasteiger partial charge in [0.15, 0.2) is 0 Å². The standard InChI is InChI=1S/C12H20N4O/c1-9-4-3-5-16(10(9)7-13)11-6-12(17-2)15-8-14-11/h6,8-10H,3-5,7,13H2,1-2H3. The maximum absolute atomic E-state index is 5.88. The number of hydrogen-bond acceptors (Lipinski definition) is 5. The number of hydrogen-bond donors (Lipinski definition) is 1. The van der Waals surface area contributed by atoms with Crippen molar-refractivity contribution >= 4 is 5.82 Å². The molecule has 1 aliphatic heterocycles. The van der Waals surface area contributed by atoms with Crippen molar-refractivity contribution in [3.8, 4) is 5.88 Å². The average Bonchev–Trinajstić information content (AvgIpc) is 2.38. The number of aromatic nitrogens is 2. The van der Waals surface area contributed by atoms with Crippen LogP contribution in [0.4, 0.5) is 5.82 Å². The number of anilines is 1. The van der Waals surface area contributed by atoms with Crippen molar-refractivity contribution in [1.82, 2.24) is 9.97 Å². The topological polar surface area (TPSA) is 64.3 Å². The fourth-order valence-corrected chi connectivity index (χ4v) is 2.49. The average molecular weight is 236 g/mol. The fraction of sp³-hybridized carbons (Fsp3) is 0.667. The van der Waals surface area contributed by atoms with E-state index in [0.29, 0.717) is 24.4 Å². The maximum Gasteiger partial charge on any atom is 0.218 e. The van der Waals surface area contributed by atoms with E-state index in [1.165, 1.54) is 12.8 Å². The Balaban J connectivity index is 2.23. The van der Waals surface area contributed by atoms with E-state index in [4.69, 9.17) is 10.5 Å². The van der Waals surface area contributed by atoms with Gasteiger partial charge >= 0.3 is 0 Å². The predicted octanol–water partition coefficient (Wildman–Crippen LogP) is 1.05. The Hall–Kier alpha value is -1.36. The molecular weight excluding hydrogens is 216 g/mol. The molecule has 1 aliphatic rings. The van der Waals surface area contributed by atoms with Crippen molar-refractivity contribution in [3.05, 3.63) is 12.4 Å². The van der Waals surface area contributed by atoms with Crippen LogP contribution in [0.5, 0.6) is 5.88 Å². The van der Waals surface area contributed by atoms with E-state index in [0.717, 1.165) is 12.4 Å². The van der Waals surface area contributed by atoms with Gasteiger partial charge in [-0.25, -0.2) is 9.97 Å². The van der Waals surface area contributed by atoms with E-state index in [9.17, 15) is 0 Å². The summed E-state index contributed by atoms with van der Waals surface area (Å²) < 4.78 is 5.13. The van der Waals surface area contributed by atoms with Gasteiger partial charge in [-0.1, -0.05) is 6.92 Å². The molecule has 1 fully saturated rings. The van der Waals surface area contributed by atoms with Gasteiger partial charge in [0.25, 0.3) is 0 Å². The van der Waals surface area contributed by atoms with Gasteiger partial charge in [0.05, 0.1) is 7.11 Å². The van der Waals surface area contributed by atoms with Crippen LogP contribution in [-0.4, -0.2) is 36.2 Å². The Morgan fingerprint density at radius 2 is 2.35 bits per heavy atom. The van der Waals surface area contributed by atoms with Gasteiger partial charge in [-0.05, 0) is 18.8 Å². The monoisotopic (exact) mass is 236 g/mol. The van der Waals surface area contributed by atoms with Crippen molar-refractivity contribution < 1.29 is 4.74 Å². The molecule has 0 aromatic carbocycles. The molecule has 1 saturated heterocycles. The first-order chi connectivity index (χ1) is 8.26. The molecule has 1 aromatic heterocycles. The van der Waals surface area contributed by atoms with Crippen molar-refractivity contribution in [2.24, 2.45) is 11.7 Å². The molecule has 0 aliphatic carbocycles. The molecule has 17 heavy (non-hydrogen) atoms. The molecule has 94 valence electrons. The predicted molar refractivity (Wildman–Crippen MR) is 67.2 cm³/mol. The normalized spacial score (nSPS) is 24.8. The highest BCUT2D eigenvalue weighted by atomic mass is 16.5. The van der Waals surface area contributed by atoms with Crippen LogP contribution < -0.4 is 15.4 Å². The van der Waals surface area contributed by atoms with E-state index in [1.54, 1.807) is 13.4 Å². The quantitative estimate of drug-likeness (QED) is 0.849. The van der Waals surface area contributed by atoms with E-state index < -0.39 is 0 Å². The zero-order valence-corrected chi connectivity index (χ0v) is 10.5. The largest absolute Gasteiger partial charge is 0.481 e. The highest BCUT2D eigenvalue weighted by Crippen LogP contribution is 2.27. The van der Waals surface area contributed by atoms with Crippen molar-refractivity contribution in [3.63, 3.8) is 0 Å². The summed E-state index contributed by atoms with van der Waals surface area (Å²) in [5.74, 6) is 2.12. The Kier molecular flexibility index (Phi) is 3.78. The first kappa shape index (κ1) is 12.1. The lowest BCUT2D eigenvalue weighted by Crippen LogP contribution is -2.49. The van der Waals surface area contributed by atoms with Crippen molar-refractivity contribution in [1.29, 1.82) is 0 Å². The highest BCUT2D eigenvalue weighted by Gasteiger charge is 2.28. The molecule has 2 unspecified atom stereocenters. The van der Waals surface area contributed by atoms with Gasteiger partial charge in [-0.15, -0.1) is 0 Å². The van der Waals surface area contributed by atoms with Crippen LogP contribution in [0.3, 0.4) is 0 Å². The Bertz CT molecular complexity index is 371. The molecule has 5 nitrogen and oxygen atoms in total. The zero-order chi connectivity index (χ0) is 12.3. The molecule has 1 aromatic rings. The molecule has 2 heterocycles. The van der Waals surface area contributed by atoms with Crippen LogP contribution in [0.15, 0.2) is 12.4 Å². The highest BCUT2D eigenvalue weighted by molar-refractivity contribution is 5.42. The van der Waals surface area contributed by atoms with Crippen LogP contribution in [-0.2, 0) is 0 Å². The number of rotatable bonds is 3. The summed E-state index contributed by atoms with van der Waals surface area (Å²) in [7, 11) is 1.62. The van der Waals surface area contributed by atoms with E-state index >= 15 is 0 Å². The number of piperidine rings is 1. The van der Waals surface area contributed by atoms with Gasteiger partial charge in [0.2, 0.25) is 5.88 Å². The first-order valence-electron chi connectivity index (χ1n) is 6.09. The minimum absolute atomic E-state index is 0.364. The second-order valence-corrected chi connectivity index (χ2v) is 4.53. The summed E-state index contributed by atoms with van der Waals surface area (Å²) in [4.78, 5) is 10.6. The summed E-state index contributed by atoms with van der Waals surface area (Å²) in [5, 5.41) is 0. The van der Waals surface area contributed by atoms with Gasteiger partial charge in [-0.2, -0.15) is 0 Å². The Labute approximate surface area is 102 Å². The number of methoxy groups -OCH3 is 1. The zero-order valence-electron chi connectivity index (χ0n) is 10.5. The summed E-state index contributed by atoms with van der Waals surface area (Å²) in [5.41, 5.74) is 5.88. The van der Waals surface area contributed by atoms with Crippen LogP contribution >= 0.6 is 0 Å². The minimum Gasteiger partial charge on any atom is -0.481 e. The third-order valence-corrected chi connectivity index (χ3v) is 3.49. The lowest BCUT2D eigenvalue weighted by Gasteiger charge is -2.40. The van der Waals surface area contributed by atoms with Crippen LogP contribution in [0.1, 0.15) is 19.8 Å². The molecule has 2 rings (SSSR count). The molecule has 0 bridgehead atoms.